The van der Waals surface area contributed by atoms with Gasteiger partial charge in [-0.15, -0.1) is 0 Å². The first-order chi connectivity index (χ1) is 7.42. The highest BCUT2D eigenvalue weighted by Gasteiger charge is 2.15. The van der Waals surface area contributed by atoms with E-state index in [1.165, 1.54) is 6.07 Å². The molecule has 0 fully saturated rings. The van der Waals surface area contributed by atoms with Crippen LogP contribution in [0.2, 0.25) is 0 Å². The summed E-state index contributed by atoms with van der Waals surface area (Å²) in [4.78, 5) is 0. The minimum Gasteiger partial charge on any atom is -0.313 e. The van der Waals surface area contributed by atoms with Crippen LogP contribution in [0.15, 0.2) is 24.3 Å². The van der Waals surface area contributed by atoms with E-state index in [4.69, 9.17) is 0 Å². The Kier molecular flexibility index (Phi) is 4.48. The molecule has 1 aromatic carbocycles. The maximum absolute atomic E-state index is 13.1. The van der Waals surface area contributed by atoms with Crippen molar-refractivity contribution in [2.24, 2.45) is 5.41 Å². The van der Waals surface area contributed by atoms with Gasteiger partial charge in [-0.2, -0.15) is 0 Å². The zero-order valence-electron chi connectivity index (χ0n) is 10.7. The van der Waals surface area contributed by atoms with E-state index >= 15 is 0 Å². The van der Waals surface area contributed by atoms with Crippen LogP contribution in [0.1, 0.15) is 45.2 Å². The molecule has 0 saturated carbocycles. The van der Waals surface area contributed by atoms with E-state index in [0.717, 1.165) is 18.4 Å². The molecule has 0 heterocycles. The molecule has 0 aliphatic heterocycles. The summed E-state index contributed by atoms with van der Waals surface area (Å²) in [6.07, 6.45) is 2.15. The molecule has 0 spiro atoms. The summed E-state index contributed by atoms with van der Waals surface area (Å²) in [5, 5.41) is 3.25. The lowest BCUT2D eigenvalue weighted by Gasteiger charge is -2.23. The third kappa shape index (κ3) is 4.31. The Balaban J connectivity index is 2.68. The highest BCUT2D eigenvalue weighted by atomic mass is 19.1. The van der Waals surface area contributed by atoms with Crippen LogP contribution < -0.4 is 5.32 Å². The lowest BCUT2D eigenvalue weighted by molar-refractivity contribution is 0.337. The van der Waals surface area contributed by atoms with Gasteiger partial charge in [0.2, 0.25) is 0 Å². The van der Waals surface area contributed by atoms with E-state index in [-0.39, 0.29) is 11.9 Å². The smallest absolute Gasteiger partial charge is 0.123 e. The molecule has 1 N–H and O–H groups in total. The minimum atomic E-state index is -0.159. The third-order valence-corrected chi connectivity index (χ3v) is 2.78. The van der Waals surface area contributed by atoms with Crippen LogP contribution in [-0.2, 0) is 0 Å². The monoisotopic (exact) mass is 223 g/mol. The van der Waals surface area contributed by atoms with Gasteiger partial charge in [-0.05, 0) is 43.0 Å². The summed E-state index contributed by atoms with van der Waals surface area (Å²) in [6, 6.07) is 7.10. The van der Waals surface area contributed by atoms with Crippen molar-refractivity contribution in [1.82, 2.24) is 5.32 Å². The van der Waals surface area contributed by atoms with E-state index in [0.29, 0.717) is 5.41 Å². The van der Waals surface area contributed by atoms with Gasteiger partial charge in [0, 0.05) is 6.04 Å². The molecular weight excluding hydrogens is 201 g/mol. The Morgan fingerprint density at radius 1 is 1.31 bits per heavy atom. The van der Waals surface area contributed by atoms with Gasteiger partial charge in [0.25, 0.3) is 0 Å². The van der Waals surface area contributed by atoms with Gasteiger partial charge in [0.1, 0.15) is 5.82 Å². The molecule has 0 bridgehead atoms. The molecule has 1 unspecified atom stereocenters. The van der Waals surface area contributed by atoms with Crippen molar-refractivity contribution in [3.05, 3.63) is 35.6 Å². The van der Waals surface area contributed by atoms with Crippen LogP contribution in [0, 0.1) is 11.2 Å². The summed E-state index contributed by atoms with van der Waals surface area (Å²) in [6.45, 7) is 6.68. The van der Waals surface area contributed by atoms with Crippen LogP contribution >= 0.6 is 0 Å². The molecule has 2 heteroatoms. The normalized spacial score (nSPS) is 13.8. The largest absolute Gasteiger partial charge is 0.313 e. The molecular formula is C14H22FN. The second kappa shape index (κ2) is 5.44. The predicted octanol–water partition coefficient (Wildman–Crippen LogP) is 3.91. The van der Waals surface area contributed by atoms with Crippen LogP contribution in [-0.4, -0.2) is 7.05 Å². The topological polar surface area (TPSA) is 12.0 Å². The predicted molar refractivity (Wildman–Crippen MR) is 66.9 cm³/mol. The number of hydrogen-bond acceptors (Lipinski definition) is 1. The maximum atomic E-state index is 13.1. The molecule has 0 aromatic heterocycles. The fourth-order valence-corrected chi connectivity index (χ4v) is 1.78. The summed E-state index contributed by atoms with van der Waals surface area (Å²) in [7, 11) is 1.93. The second-order valence-corrected chi connectivity index (χ2v) is 5.50. The van der Waals surface area contributed by atoms with Crippen molar-refractivity contribution in [3.63, 3.8) is 0 Å². The molecule has 0 aliphatic rings. The first-order valence-electron chi connectivity index (χ1n) is 5.85. The van der Waals surface area contributed by atoms with Crippen LogP contribution in [0.25, 0.3) is 0 Å². The Labute approximate surface area is 98.1 Å². The van der Waals surface area contributed by atoms with E-state index < -0.39 is 0 Å². The van der Waals surface area contributed by atoms with Gasteiger partial charge in [-0.1, -0.05) is 32.9 Å². The number of benzene rings is 1. The quantitative estimate of drug-likeness (QED) is 0.816. The molecule has 16 heavy (non-hydrogen) atoms. The first-order valence-corrected chi connectivity index (χ1v) is 5.85. The molecule has 1 atom stereocenters. The Bertz CT molecular complexity index is 328. The molecule has 0 saturated heterocycles. The maximum Gasteiger partial charge on any atom is 0.123 e. The van der Waals surface area contributed by atoms with Crippen LogP contribution in [0.5, 0.6) is 0 Å². The van der Waals surface area contributed by atoms with E-state index in [1.54, 1.807) is 12.1 Å². The van der Waals surface area contributed by atoms with E-state index in [2.05, 4.69) is 26.1 Å². The SMILES string of the molecule is CNC(CCC(C)(C)C)c1cccc(F)c1. The summed E-state index contributed by atoms with van der Waals surface area (Å²) < 4.78 is 13.1. The average molecular weight is 223 g/mol. The Hall–Kier alpha value is -0.890. The molecule has 0 radical (unpaired) electrons. The highest BCUT2D eigenvalue weighted by Crippen LogP contribution is 2.27. The average Bonchev–Trinajstić information content (AvgIpc) is 2.17. The Morgan fingerprint density at radius 2 is 2.00 bits per heavy atom. The van der Waals surface area contributed by atoms with Gasteiger partial charge in [-0.3, -0.25) is 0 Å². The fourth-order valence-electron chi connectivity index (χ4n) is 1.78. The number of hydrogen-bond donors (Lipinski definition) is 1. The van der Waals surface area contributed by atoms with Crippen molar-refractivity contribution < 1.29 is 4.39 Å². The van der Waals surface area contributed by atoms with Crippen LogP contribution in [0.4, 0.5) is 4.39 Å². The summed E-state index contributed by atoms with van der Waals surface area (Å²) >= 11 is 0. The van der Waals surface area contributed by atoms with Gasteiger partial charge < -0.3 is 5.32 Å². The first kappa shape index (κ1) is 13.2. The Morgan fingerprint density at radius 3 is 2.50 bits per heavy atom. The van der Waals surface area contributed by atoms with Gasteiger partial charge >= 0.3 is 0 Å². The van der Waals surface area contributed by atoms with Gasteiger partial charge in [-0.25, -0.2) is 4.39 Å². The van der Waals surface area contributed by atoms with Crippen molar-refractivity contribution in [2.75, 3.05) is 7.05 Å². The van der Waals surface area contributed by atoms with Gasteiger partial charge in [0.05, 0.1) is 0 Å². The van der Waals surface area contributed by atoms with Crippen molar-refractivity contribution in [1.29, 1.82) is 0 Å². The summed E-state index contributed by atoms with van der Waals surface area (Å²) in [5.74, 6) is -0.159. The number of halogens is 1. The third-order valence-electron chi connectivity index (χ3n) is 2.78. The van der Waals surface area contributed by atoms with E-state index in [1.807, 2.05) is 13.1 Å². The molecule has 0 amide bonds. The van der Waals surface area contributed by atoms with Gasteiger partial charge in [0.15, 0.2) is 0 Å². The summed E-state index contributed by atoms with van der Waals surface area (Å²) in [5.41, 5.74) is 1.36. The highest BCUT2D eigenvalue weighted by molar-refractivity contribution is 5.20. The molecule has 1 aromatic rings. The molecule has 1 rings (SSSR count). The van der Waals surface area contributed by atoms with Crippen molar-refractivity contribution in [2.45, 2.75) is 39.7 Å². The standard InChI is InChI=1S/C14H22FN/c1-14(2,3)9-8-13(16-4)11-6-5-7-12(15)10-11/h5-7,10,13,16H,8-9H2,1-4H3. The van der Waals surface area contributed by atoms with Crippen molar-refractivity contribution >= 4 is 0 Å². The zero-order valence-corrected chi connectivity index (χ0v) is 10.7. The van der Waals surface area contributed by atoms with Crippen molar-refractivity contribution in [3.8, 4) is 0 Å². The zero-order chi connectivity index (χ0) is 12.2. The number of rotatable bonds is 4. The molecule has 1 nitrogen and oxygen atoms in total. The van der Waals surface area contributed by atoms with Crippen LogP contribution in [0.3, 0.4) is 0 Å². The lowest BCUT2D eigenvalue weighted by Crippen LogP contribution is -2.19. The second-order valence-electron chi connectivity index (χ2n) is 5.50. The molecule has 0 aliphatic carbocycles. The fraction of sp³-hybridized carbons (Fsp3) is 0.571. The lowest BCUT2D eigenvalue weighted by atomic mass is 9.87. The van der Waals surface area contributed by atoms with E-state index in [9.17, 15) is 4.39 Å². The number of nitrogens with one attached hydrogen (secondary N) is 1. The minimum absolute atomic E-state index is 0.159. The molecule has 90 valence electrons.